The summed E-state index contributed by atoms with van der Waals surface area (Å²) >= 11 is 0. The van der Waals surface area contributed by atoms with Gasteiger partial charge in [-0.1, -0.05) is 45.4 Å². The van der Waals surface area contributed by atoms with Crippen molar-refractivity contribution in [1.82, 2.24) is 0 Å². The number of hydrogen-bond acceptors (Lipinski definition) is 4. The Morgan fingerprint density at radius 3 is 2.15 bits per heavy atom. The lowest BCUT2D eigenvalue weighted by atomic mass is 9.84. The van der Waals surface area contributed by atoms with Crippen LogP contribution in [0.3, 0.4) is 0 Å². The highest BCUT2D eigenvalue weighted by Gasteiger charge is 2.23. The Labute approximate surface area is 159 Å². The highest BCUT2D eigenvalue weighted by Crippen LogP contribution is 2.33. The van der Waals surface area contributed by atoms with Gasteiger partial charge < -0.3 is 4.74 Å². The van der Waals surface area contributed by atoms with Crippen LogP contribution in [0.4, 0.5) is 0 Å². The molecule has 0 aliphatic carbocycles. The van der Waals surface area contributed by atoms with Gasteiger partial charge in [0.1, 0.15) is 0 Å². The Kier molecular flexibility index (Phi) is 8.59. The summed E-state index contributed by atoms with van der Waals surface area (Å²) in [5.41, 5.74) is 3.04. The summed E-state index contributed by atoms with van der Waals surface area (Å²) in [7, 11) is -2.47. The first kappa shape index (κ1) is 23.0. The van der Waals surface area contributed by atoms with E-state index >= 15 is 0 Å². The maximum atomic E-state index is 12.5. The van der Waals surface area contributed by atoms with E-state index in [0.29, 0.717) is 23.5 Å². The predicted molar refractivity (Wildman–Crippen MR) is 107 cm³/mol. The summed E-state index contributed by atoms with van der Waals surface area (Å²) in [4.78, 5) is 12.5. The Balaban J connectivity index is 2.53. The summed E-state index contributed by atoms with van der Waals surface area (Å²) in [6.45, 7) is 16.8. The van der Waals surface area contributed by atoms with Gasteiger partial charge in [0.2, 0.25) is 0 Å². The lowest BCUT2D eigenvalue weighted by Gasteiger charge is -2.23. The number of carbonyl (C=O) groups excluding carboxylic acids is 1. The van der Waals surface area contributed by atoms with E-state index in [9.17, 15) is 9.36 Å². The molecule has 0 fully saturated rings. The third kappa shape index (κ3) is 7.65. The van der Waals surface area contributed by atoms with Gasteiger partial charge in [-0.25, -0.2) is 4.57 Å². The molecule has 26 heavy (non-hydrogen) atoms. The van der Waals surface area contributed by atoms with E-state index in [1.165, 1.54) is 0 Å². The average molecular weight is 381 g/mol. The molecule has 0 saturated heterocycles. The molecule has 0 aromatic heterocycles. The van der Waals surface area contributed by atoms with Crippen molar-refractivity contribution in [2.45, 2.75) is 74.5 Å². The molecule has 3 atom stereocenters. The first-order valence-electron chi connectivity index (χ1n) is 9.28. The van der Waals surface area contributed by atoms with Crippen LogP contribution in [0.25, 0.3) is 0 Å². The second-order valence-electron chi connectivity index (χ2n) is 8.54. The standard InChI is InChI=1S/C21H34O4P/c1-14(13-21(6,7)8)9-10-24-18(5)25-26(23)20(22)19-16(3)11-15(2)12-17(19)4/h11-12,14,18H,9-10,13H2,1-8H3. The van der Waals surface area contributed by atoms with Gasteiger partial charge in [-0.15, -0.1) is 0 Å². The Morgan fingerprint density at radius 2 is 1.65 bits per heavy atom. The van der Waals surface area contributed by atoms with Crippen molar-refractivity contribution in [2.75, 3.05) is 6.61 Å². The van der Waals surface area contributed by atoms with Crippen molar-refractivity contribution >= 4 is 13.6 Å². The normalized spacial score (nSPS) is 14.8. The Bertz CT molecular complexity index is 623. The maximum Gasteiger partial charge on any atom is 0.291 e. The number of benzene rings is 1. The predicted octanol–water partition coefficient (Wildman–Crippen LogP) is 6.34. The van der Waals surface area contributed by atoms with E-state index in [-0.39, 0.29) is 0 Å². The van der Waals surface area contributed by atoms with E-state index < -0.39 is 19.8 Å². The third-order valence-corrected chi connectivity index (χ3v) is 5.27. The summed E-state index contributed by atoms with van der Waals surface area (Å²) in [5, 5.41) is 0. The molecule has 1 aromatic carbocycles. The van der Waals surface area contributed by atoms with Crippen LogP contribution >= 0.6 is 8.03 Å². The van der Waals surface area contributed by atoms with Gasteiger partial charge in [0.05, 0.1) is 6.61 Å². The van der Waals surface area contributed by atoms with Gasteiger partial charge in [-0.05, 0) is 63.0 Å². The molecule has 147 valence electrons. The molecule has 0 amide bonds. The molecule has 0 saturated carbocycles. The van der Waals surface area contributed by atoms with Crippen molar-refractivity contribution in [3.8, 4) is 0 Å². The van der Waals surface area contributed by atoms with E-state index in [1.807, 2.05) is 32.9 Å². The largest absolute Gasteiger partial charge is 0.352 e. The summed E-state index contributed by atoms with van der Waals surface area (Å²) in [5.74, 6) is 0.537. The van der Waals surface area contributed by atoms with Crippen molar-refractivity contribution in [1.29, 1.82) is 0 Å². The number of ether oxygens (including phenoxy) is 1. The van der Waals surface area contributed by atoms with Gasteiger partial charge in [0, 0.05) is 5.56 Å². The van der Waals surface area contributed by atoms with Crippen molar-refractivity contribution in [2.24, 2.45) is 11.3 Å². The average Bonchev–Trinajstić information content (AvgIpc) is 2.43. The molecule has 1 radical (unpaired) electrons. The quantitative estimate of drug-likeness (QED) is 0.370. The highest BCUT2D eigenvalue weighted by molar-refractivity contribution is 7.60. The molecule has 0 spiro atoms. The van der Waals surface area contributed by atoms with Crippen molar-refractivity contribution < 1.29 is 18.6 Å². The first-order valence-corrected chi connectivity index (χ1v) is 10.5. The minimum atomic E-state index is -2.47. The topological polar surface area (TPSA) is 52.6 Å². The molecule has 1 rings (SSSR count). The van der Waals surface area contributed by atoms with E-state index in [4.69, 9.17) is 9.26 Å². The molecule has 1 aromatic rings. The number of rotatable bonds is 9. The van der Waals surface area contributed by atoms with Crippen molar-refractivity contribution in [3.63, 3.8) is 0 Å². The lowest BCUT2D eigenvalue weighted by molar-refractivity contribution is -0.0658. The number of carbonyl (C=O) groups is 1. The second kappa shape index (κ2) is 9.73. The summed E-state index contributed by atoms with van der Waals surface area (Å²) in [6, 6.07) is 3.83. The highest BCUT2D eigenvalue weighted by atomic mass is 31.1. The molecule has 0 aliphatic heterocycles. The zero-order valence-corrected chi connectivity index (χ0v) is 18.4. The monoisotopic (exact) mass is 381 g/mol. The molecule has 3 unspecified atom stereocenters. The molecule has 0 heterocycles. The van der Waals surface area contributed by atoms with Crippen LogP contribution in [0.5, 0.6) is 0 Å². The van der Waals surface area contributed by atoms with E-state index in [2.05, 4.69) is 27.7 Å². The minimum Gasteiger partial charge on any atom is -0.352 e. The van der Waals surface area contributed by atoms with Crippen LogP contribution in [0.1, 0.15) is 74.5 Å². The summed E-state index contributed by atoms with van der Waals surface area (Å²) < 4.78 is 23.3. The molecule has 0 N–H and O–H groups in total. The van der Waals surface area contributed by atoms with Crippen LogP contribution in [-0.2, 0) is 13.8 Å². The van der Waals surface area contributed by atoms with Crippen molar-refractivity contribution in [3.05, 3.63) is 34.4 Å². The Morgan fingerprint density at radius 1 is 1.12 bits per heavy atom. The van der Waals surface area contributed by atoms with Crippen LogP contribution in [0.15, 0.2) is 12.1 Å². The van der Waals surface area contributed by atoms with Gasteiger partial charge >= 0.3 is 0 Å². The number of hydrogen-bond donors (Lipinski definition) is 0. The maximum absolute atomic E-state index is 12.5. The fraction of sp³-hybridized carbons (Fsp3) is 0.667. The Hall–Kier alpha value is -1.09. The van der Waals surface area contributed by atoms with Gasteiger partial charge in [0.25, 0.3) is 13.6 Å². The summed E-state index contributed by atoms with van der Waals surface area (Å²) in [6.07, 6.45) is 1.35. The van der Waals surface area contributed by atoms with Crippen LogP contribution < -0.4 is 0 Å². The zero-order chi connectivity index (χ0) is 20.1. The SMILES string of the molecule is Cc1cc(C)c(C(=O)[P](=O)OC(C)OCCC(C)CC(C)(C)C)c(C)c1. The molecule has 4 nitrogen and oxygen atoms in total. The fourth-order valence-corrected chi connectivity index (χ4v) is 4.37. The lowest BCUT2D eigenvalue weighted by Crippen LogP contribution is -2.16. The van der Waals surface area contributed by atoms with E-state index in [1.54, 1.807) is 6.92 Å². The molecule has 0 aliphatic rings. The minimum absolute atomic E-state index is 0.293. The molecule has 5 heteroatoms. The van der Waals surface area contributed by atoms with Gasteiger partial charge in [-0.2, -0.15) is 0 Å². The molecular weight excluding hydrogens is 347 g/mol. The van der Waals surface area contributed by atoms with Crippen LogP contribution in [0, 0.1) is 32.1 Å². The van der Waals surface area contributed by atoms with Crippen LogP contribution in [0.2, 0.25) is 0 Å². The third-order valence-electron chi connectivity index (χ3n) is 4.22. The molecular formula is C21H34O4P. The van der Waals surface area contributed by atoms with Crippen LogP contribution in [-0.4, -0.2) is 18.4 Å². The fourth-order valence-electron chi connectivity index (χ4n) is 3.40. The second-order valence-corrected chi connectivity index (χ2v) is 9.67. The van der Waals surface area contributed by atoms with Gasteiger partial charge in [0.15, 0.2) is 6.29 Å². The van der Waals surface area contributed by atoms with Gasteiger partial charge in [-0.3, -0.25) is 9.32 Å². The zero-order valence-electron chi connectivity index (χ0n) is 17.5. The number of aryl methyl sites for hydroxylation is 3. The first-order chi connectivity index (χ1) is 11.9. The van der Waals surface area contributed by atoms with E-state index in [0.717, 1.165) is 29.5 Å². The smallest absolute Gasteiger partial charge is 0.291 e. The molecule has 0 bridgehead atoms.